The number of nitrogens with one attached hydrogen (secondary N) is 1. The first-order chi connectivity index (χ1) is 13.5. The van der Waals surface area contributed by atoms with Gasteiger partial charge in [-0.2, -0.15) is 0 Å². The van der Waals surface area contributed by atoms with Gasteiger partial charge < -0.3 is 14.8 Å². The van der Waals surface area contributed by atoms with Gasteiger partial charge in [0.15, 0.2) is 0 Å². The zero-order valence-corrected chi connectivity index (χ0v) is 16.6. The standard InChI is InChI=1S/C22H26N4O2/c1-4-25(17-10-6-5-7-11-17)21(27)15-26-19-13-9-8-12-18(19)24-20(26)14-23-22(28)16(2)3/h5-13,16H,4,14-15H2,1-3H3,(H,23,28). The van der Waals surface area contributed by atoms with Gasteiger partial charge in [0.05, 0.1) is 17.6 Å². The van der Waals surface area contributed by atoms with E-state index < -0.39 is 0 Å². The lowest BCUT2D eigenvalue weighted by molar-refractivity contribution is -0.124. The molecule has 0 atom stereocenters. The lowest BCUT2D eigenvalue weighted by Crippen LogP contribution is -2.35. The highest BCUT2D eigenvalue weighted by Crippen LogP contribution is 2.19. The highest BCUT2D eigenvalue weighted by molar-refractivity contribution is 5.94. The third-order valence-electron chi connectivity index (χ3n) is 4.66. The van der Waals surface area contributed by atoms with Crippen LogP contribution < -0.4 is 10.2 Å². The van der Waals surface area contributed by atoms with Crippen molar-refractivity contribution < 1.29 is 9.59 Å². The van der Waals surface area contributed by atoms with Crippen molar-refractivity contribution in [1.82, 2.24) is 14.9 Å². The molecule has 0 unspecified atom stereocenters. The molecule has 0 saturated heterocycles. The zero-order chi connectivity index (χ0) is 20.1. The predicted molar refractivity (Wildman–Crippen MR) is 111 cm³/mol. The molecule has 0 radical (unpaired) electrons. The van der Waals surface area contributed by atoms with Crippen molar-refractivity contribution in [3.8, 4) is 0 Å². The lowest BCUT2D eigenvalue weighted by Gasteiger charge is -2.22. The Bertz CT molecular complexity index is 963. The number of benzene rings is 2. The van der Waals surface area contributed by atoms with E-state index in [0.717, 1.165) is 16.7 Å². The average Bonchev–Trinajstić information content (AvgIpc) is 3.05. The van der Waals surface area contributed by atoms with Gasteiger partial charge in [0, 0.05) is 18.2 Å². The van der Waals surface area contributed by atoms with Crippen LogP contribution in [0.4, 0.5) is 5.69 Å². The molecule has 146 valence electrons. The van der Waals surface area contributed by atoms with E-state index in [0.29, 0.717) is 12.4 Å². The van der Waals surface area contributed by atoms with Crippen molar-refractivity contribution in [2.45, 2.75) is 33.9 Å². The first kappa shape index (κ1) is 19.6. The number of para-hydroxylation sites is 3. The number of aromatic nitrogens is 2. The van der Waals surface area contributed by atoms with Crippen molar-refractivity contribution >= 4 is 28.5 Å². The Labute approximate surface area is 165 Å². The van der Waals surface area contributed by atoms with Crippen LogP contribution in [-0.2, 0) is 22.7 Å². The average molecular weight is 378 g/mol. The maximum Gasteiger partial charge on any atom is 0.246 e. The molecule has 0 aliphatic heterocycles. The van der Waals surface area contributed by atoms with Gasteiger partial charge in [0.25, 0.3) is 0 Å². The molecule has 2 aromatic carbocycles. The van der Waals surface area contributed by atoms with E-state index in [1.807, 2.05) is 79.9 Å². The van der Waals surface area contributed by atoms with Crippen LogP contribution in [0.25, 0.3) is 11.0 Å². The number of likely N-dealkylation sites (N-methyl/N-ethyl adjacent to an activating group) is 1. The summed E-state index contributed by atoms with van der Waals surface area (Å²) < 4.78 is 1.89. The number of carbonyl (C=O) groups is 2. The quantitative estimate of drug-likeness (QED) is 0.685. The topological polar surface area (TPSA) is 67.2 Å². The molecule has 0 aliphatic rings. The summed E-state index contributed by atoms with van der Waals surface area (Å²) in [5, 5.41) is 2.90. The van der Waals surface area contributed by atoms with Crippen molar-refractivity contribution in [2.75, 3.05) is 11.4 Å². The molecule has 28 heavy (non-hydrogen) atoms. The van der Waals surface area contributed by atoms with Gasteiger partial charge in [-0.25, -0.2) is 4.98 Å². The second kappa shape index (κ2) is 8.69. The van der Waals surface area contributed by atoms with Gasteiger partial charge in [-0.3, -0.25) is 9.59 Å². The SMILES string of the molecule is CCN(C(=O)Cn1c(CNC(=O)C(C)C)nc2ccccc21)c1ccccc1. The molecule has 2 amide bonds. The van der Waals surface area contributed by atoms with E-state index in [4.69, 9.17) is 0 Å². The van der Waals surface area contributed by atoms with Crippen LogP contribution in [0.2, 0.25) is 0 Å². The molecule has 3 rings (SSSR count). The number of nitrogens with zero attached hydrogens (tertiary/aromatic N) is 3. The van der Waals surface area contributed by atoms with Crippen LogP contribution in [0.5, 0.6) is 0 Å². The highest BCUT2D eigenvalue weighted by Gasteiger charge is 2.19. The van der Waals surface area contributed by atoms with E-state index >= 15 is 0 Å². The number of carbonyl (C=O) groups excluding carboxylic acids is 2. The minimum Gasteiger partial charge on any atom is -0.349 e. The molecule has 0 fully saturated rings. The fourth-order valence-corrected chi connectivity index (χ4v) is 3.14. The van der Waals surface area contributed by atoms with Gasteiger partial charge in [-0.1, -0.05) is 44.2 Å². The number of hydrogen-bond acceptors (Lipinski definition) is 3. The lowest BCUT2D eigenvalue weighted by atomic mass is 10.2. The normalized spacial score (nSPS) is 11.0. The third-order valence-corrected chi connectivity index (χ3v) is 4.66. The Morgan fingerprint density at radius 2 is 1.75 bits per heavy atom. The molecule has 0 saturated carbocycles. The zero-order valence-electron chi connectivity index (χ0n) is 16.6. The number of amides is 2. The Morgan fingerprint density at radius 3 is 2.43 bits per heavy atom. The molecule has 6 heteroatoms. The fourth-order valence-electron chi connectivity index (χ4n) is 3.14. The predicted octanol–water partition coefficient (Wildman–Crippen LogP) is 3.36. The van der Waals surface area contributed by atoms with Crippen LogP contribution in [0.3, 0.4) is 0 Å². The summed E-state index contributed by atoms with van der Waals surface area (Å²) in [5.41, 5.74) is 2.56. The molecule has 0 spiro atoms. The maximum absolute atomic E-state index is 13.1. The molecule has 1 aromatic heterocycles. The first-order valence-corrected chi connectivity index (χ1v) is 9.58. The summed E-state index contributed by atoms with van der Waals surface area (Å²) in [4.78, 5) is 31.4. The van der Waals surface area contributed by atoms with Gasteiger partial charge in [-0.15, -0.1) is 0 Å². The van der Waals surface area contributed by atoms with E-state index in [2.05, 4.69) is 10.3 Å². The molecule has 1 N–H and O–H groups in total. The summed E-state index contributed by atoms with van der Waals surface area (Å²) in [6, 6.07) is 17.3. The smallest absolute Gasteiger partial charge is 0.246 e. The fraction of sp³-hybridized carbons (Fsp3) is 0.318. The van der Waals surface area contributed by atoms with Crippen LogP contribution in [0.15, 0.2) is 54.6 Å². The second-order valence-electron chi connectivity index (χ2n) is 6.95. The van der Waals surface area contributed by atoms with E-state index in [9.17, 15) is 9.59 Å². The van der Waals surface area contributed by atoms with Gasteiger partial charge in [0.2, 0.25) is 11.8 Å². The maximum atomic E-state index is 13.1. The van der Waals surface area contributed by atoms with E-state index in [1.165, 1.54) is 0 Å². The first-order valence-electron chi connectivity index (χ1n) is 9.58. The van der Waals surface area contributed by atoms with Gasteiger partial charge >= 0.3 is 0 Å². The number of imidazole rings is 1. The second-order valence-corrected chi connectivity index (χ2v) is 6.95. The minimum absolute atomic E-state index is 0.0201. The van der Waals surface area contributed by atoms with Gasteiger partial charge in [-0.05, 0) is 31.2 Å². The molecular weight excluding hydrogens is 352 g/mol. The van der Waals surface area contributed by atoms with Crippen LogP contribution >= 0.6 is 0 Å². The Hall–Kier alpha value is -3.15. The van der Waals surface area contributed by atoms with E-state index in [-0.39, 0.29) is 30.8 Å². The monoisotopic (exact) mass is 378 g/mol. The van der Waals surface area contributed by atoms with Crippen LogP contribution in [0, 0.1) is 5.92 Å². The third kappa shape index (κ3) is 4.22. The van der Waals surface area contributed by atoms with Crippen LogP contribution in [-0.4, -0.2) is 27.9 Å². The van der Waals surface area contributed by atoms with Crippen molar-refractivity contribution in [2.24, 2.45) is 5.92 Å². The highest BCUT2D eigenvalue weighted by atomic mass is 16.2. The summed E-state index contributed by atoms with van der Waals surface area (Å²) in [6.45, 7) is 6.68. The number of hydrogen-bond donors (Lipinski definition) is 1. The molecule has 0 bridgehead atoms. The molecule has 6 nitrogen and oxygen atoms in total. The molecule has 0 aliphatic carbocycles. The summed E-state index contributed by atoms with van der Waals surface area (Å²) in [6.07, 6.45) is 0. The largest absolute Gasteiger partial charge is 0.349 e. The van der Waals surface area contributed by atoms with Crippen LogP contribution in [0.1, 0.15) is 26.6 Å². The Balaban J connectivity index is 1.89. The summed E-state index contributed by atoms with van der Waals surface area (Å²) in [7, 11) is 0. The molecule has 1 heterocycles. The number of anilines is 1. The van der Waals surface area contributed by atoms with Gasteiger partial charge in [0.1, 0.15) is 12.4 Å². The van der Waals surface area contributed by atoms with Crippen molar-refractivity contribution in [3.05, 3.63) is 60.4 Å². The van der Waals surface area contributed by atoms with E-state index in [1.54, 1.807) is 4.90 Å². The molecule has 3 aromatic rings. The summed E-state index contributed by atoms with van der Waals surface area (Å²) >= 11 is 0. The minimum atomic E-state index is -0.104. The number of fused-ring (bicyclic) bond motifs is 1. The van der Waals surface area contributed by atoms with Crippen molar-refractivity contribution in [3.63, 3.8) is 0 Å². The Morgan fingerprint density at radius 1 is 1.07 bits per heavy atom. The Kier molecular flexibility index (Phi) is 6.09. The van der Waals surface area contributed by atoms with Crippen molar-refractivity contribution in [1.29, 1.82) is 0 Å². The molecular formula is C22H26N4O2. The number of rotatable bonds is 7. The summed E-state index contributed by atoms with van der Waals surface area (Å²) in [5.74, 6) is 0.512.